The maximum Gasteiger partial charge on any atom is 0.247 e. The lowest BCUT2D eigenvalue weighted by Crippen LogP contribution is -2.49. The Morgan fingerprint density at radius 3 is 2.63 bits per heavy atom. The average molecular weight is 521 g/mol. The van der Waals surface area contributed by atoms with E-state index in [1.165, 1.54) is 27.8 Å². The minimum Gasteiger partial charge on any atom is -0.494 e. The predicted octanol–water partition coefficient (Wildman–Crippen LogP) is 3.58. The first-order valence-electron chi connectivity index (χ1n) is 11.5. The number of likely N-dealkylation sites (N-methyl/N-ethyl adjacent to an activating group) is 1. The molecule has 1 aromatic heterocycles. The molecule has 3 aromatic rings. The molecular formula is C24H29FN4O4S2. The van der Waals surface area contributed by atoms with Gasteiger partial charge in [-0.1, -0.05) is 11.3 Å². The molecule has 1 saturated heterocycles. The van der Waals surface area contributed by atoms with E-state index in [1.54, 1.807) is 4.90 Å². The van der Waals surface area contributed by atoms with Crippen LogP contribution in [0.25, 0.3) is 10.2 Å². The molecule has 2 aromatic carbocycles. The van der Waals surface area contributed by atoms with Crippen molar-refractivity contribution in [2.75, 3.05) is 45.2 Å². The van der Waals surface area contributed by atoms with Crippen molar-refractivity contribution in [3.05, 3.63) is 48.3 Å². The largest absolute Gasteiger partial charge is 0.494 e. The molecule has 1 aliphatic heterocycles. The lowest BCUT2D eigenvalue weighted by molar-refractivity contribution is -0.121. The molecule has 0 aliphatic carbocycles. The first-order chi connectivity index (χ1) is 16.7. The molecule has 8 nitrogen and oxygen atoms in total. The van der Waals surface area contributed by atoms with Gasteiger partial charge in [0.25, 0.3) is 0 Å². The zero-order valence-corrected chi connectivity index (χ0v) is 21.6. The normalized spacial score (nSPS) is 16.8. The standard InChI is InChI=1S/C24H29FN4O4S2/c1-4-33-18-9-12-20-22(16-18)34-24(26-20)28(15-14-27(2)3)23(30)21-6-5-13-29(21)35(31,32)19-10-7-17(25)8-11-19/h7-12,16,21H,4-6,13-15H2,1-3H3. The molecule has 188 valence electrons. The van der Waals surface area contributed by atoms with Gasteiger partial charge in [-0.05, 0) is 76.3 Å². The molecule has 0 N–H and O–H groups in total. The van der Waals surface area contributed by atoms with Crippen LogP contribution in [-0.4, -0.2) is 74.9 Å². The SMILES string of the molecule is CCOc1ccc2nc(N(CCN(C)C)C(=O)C3CCCN3S(=O)(=O)c3ccc(F)cc3)sc2c1. The number of sulfonamides is 1. The van der Waals surface area contributed by atoms with Crippen LogP contribution in [0.5, 0.6) is 5.75 Å². The third-order valence-corrected chi connectivity index (χ3v) is 8.80. The van der Waals surface area contributed by atoms with Gasteiger partial charge in [0, 0.05) is 19.6 Å². The Balaban J connectivity index is 1.66. The highest BCUT2D eigenvalue weighted by Crippen LogP contribution is 2.34. The molecule has 1 amide bonds. The fourth-order valence-corrected chi connectivity index (χ4v) is 6.74. The van der Waals surface area contributed by atoms with Gasteiger partial charge in [-0.3, -0.25) is 9.69 Å². The summed E-state index contributed by atoms with van der Waals surface area (Å²) >= 11 is 1.38. The molecule has 1 aliphatic rings. The first-order valence-corrected chi connectivity index (χ1v) is 13.7. The quantitative estimate of drug-likeness (QED) is 0.429. The molecule has 0 saturated carbocycles. The zero-order chi connectivity index (χ0) is 25.2. The number of hydrogen-bond acceptors (Lipinski definition) is 7. The molecule has 1 atom stereocenters. The third-order valence-electron chi connectivity index (χ3n) is 5.84. The van der Waals surface area contributed by atoms with Crippen molar-refractivity contribution in [3.63, 3.8) is 0 Å². The number of halogens is 1. The first kappa shape index (κ1) is 25.5. The highest BCUT2D eigenvalue weighted by molar-refractivity contribution is 7.89. The fraction of sp³-hybridized carbons (Fsp3) is 0.417. The van der Waals surface area contributed by atoms with E-state index in [2.05, 4.69) is 4.98 Å². The summed E-state index contributed by atoms with van der Waals surface area (Å²) in [6.45, 7) is 3.64. The highest BCUT2D eigenvalue weighted by Gasteiger charge is 2.42. The zero-order valence-electron chi connectivity index (χ0n) is 20.0. The number of carbonyl (C=O) groups is 1. The van der Waals surface area contributed by atoms with Crippen molar-refractivity contribution in [1.29, 1.82) is 0 Å². The summed E-state index contributed by atoms with van der Waals surface area (Å²) in [5.74, 6) is -0.0935. The van der Waals surface area contributed by atoms with Gasteiger partial charge in [-0.2, -0.15) is 4.31 Å². The minimum atomic E-state index is -3.96. The van der Waals surface area contributed by atoms with Crippen molar-refractivity contribution in [3.8, 4) is 5.75 Å². The summed E-state index contributed by atoms with van der Waals surface area (Å²) in [5, 5.41) is 0.520. The van der Waals surface area contributed by atoms with E-state index in [1.807, 2.05) is 44.1 Å². The number of fused-ring (bicyclic) bond motifs is 1. The van der Waals surface area contributed by atoms with Gasteiger partial charge in [-0.25, -0.2) is 17.8 Å². The second-order valence-corrected chi connectivity index (χ2v) is 11.5. The van der Waals surface area contributed by atoms with E-state index in [9.17, 15) is 17.6 Å². The van der Waals surface area contributed by atoms with Crippen LogP contribution in [0.2, 0.25) is 0 Å². The molecule has 1 fully saturated rings. The second kappa shape index (κ2) is 10.6. The van der Waals surface area contributed by atoms with Gasteiger partial charge in [0.2, 0.25) is 15.9 Å². The molecule has 0 radical (unpaired) electrons. The topological polar surface area (TPSA) is 83.1 Å². The lowest BCUT2D eigenvalue weighted by atomic mass is 10.2. The third kappa shape index (κ3) is 5.48. The van der Waals surface area contributed by atoms with Crippen molar-refractivity contribution in [2.45, 2.75) is 30.7 Å². The van der Waals surface area contributed by atoms with E-state index < -0.39 is 21.9 Å². The molecule has 1 unspecified atom stereocenters. The van der Waals surface area contributed by atoms with E-state index in [-0.39, 0.29) is 17.3 Å². The molecule has 11 heteroatoms. The summed E-state index contributed by atoms with van der Waals surface area (Å²) in [5.41, 5.74) is 0.748. The second-order valence-electron chi connectivity index (χ2n) is 8.58. The number of hydrogen-bond donors (Lipinski definition) is 0. The number of carbonyl (C=O) groups excluding carboxylic acids is 1. The van der Waals surface area contributed by atoms with Gasteiger partial charge in [-0.15, -0.1) is 0 Å². The lowest BCUT2D eigenvalue weighted by Gasteiger charge is -2.29. The van der Waals surface area contributed by atoms with Gasteiger partial charge < -0.3 is 9.64 Å². The maximum absolute atomic E-state index is 13.8. The Labute approximate surface area is 209 Å². The molecule has 0 bridgehead atoms. The number of rotatable bonds is 9. The van der Waals surface area contributed by atoms with Crippen LogP contribution in [0, 0.1) is 5.82 Å². The Morgan fingerprint density at radius 1 is 1.20 bits per heavy atom. The predicted molar refractivity (Wildman–Crippen MR) is 135 cm³/mol. The number of benzene rings is 2. The Hall–Kier alpha value is -2.60. The summed E-state index contributed by atoms with van der Waals surface area (Å²) in [4.78, 5) is 22.0. The number of ether oxygens (including phenoxy) is 1. The molecule has 2 heterocycles. The molecule has 4 rings (SSSR count). The molecular weight excluding hydrogens is 491 g/mol. The summed E-state index contributed by atoms with van der Waals surface area (Å²) in [6.07, 6.45) is 0.979. The van der Waals surface area contributed by atoms with Crippen LogP contribution < -0.4 is 9.64 Å². The van der Waals surface area contributed by atoms with Crippen LogP contribution in [0.3, 0.4) is 0 Å². The monoisotopic (exact) mass is 520 g/mol. The van der Waals surface area contributed by atoms with E-state index in [0.29, 0.717) is 37.7 Å². The Morgan fingerprint density at radius 2 is 1.94 bits per heavy atom. The number of aromatic nitrogens is 1. The summed E-state index contributed by atoms with van der Waals surface area (Å²) in [6, 6.07) is 9.44. The summed E-state index contributed by atoms with van der Waals surface area (Å²) < 4.78 is 47.7. The average Bonchev–Trinajstić information content (AvgIpc) is 3.47. The summed E-state index contributed by atoms with van der Waals surface area (Å²) in [7, 11) is -0.132. The van der Waals surface area contributed by atoms with Crippen molar-refractivity contribution >= 4 is 42.6 Å². The van der Waals surface area contributed by atoms with Gasteiger partial charge in [0.15, 0.2) is 5.13 Å². The van der Waals surface area contributed by atoms with Gasteiger partial charge in [0.05, 0.1) is 21.7 Å². The molecule has 35 heavy (non-hydrogen) atoms. The smallest absolute Gasteiger partial charge is 0.247 e. The van der Waals surface area contributed by atoms with Gasteiger partial charge >= 0.3 is 0 Å². The molecule has 0 spiro atoms. The van der Waals surface area contributed by atoms with Crippen molar-refractivity contribution in [2.24, 2.45) is 0 Å². The van der Waals surface area contributed by atoms with Crippen LogP contribution >= 0.6 is 11.3 Å². The maximum atomic E-state index is 13.8. The van der Waals surface area contributed by atoms with Crippen LogP contribution in [-0.2, 0) is 14.8 Å². The van der Waals surface area contributed by atoms with Crippen LogP contribution in [0.1, 0.15) is 19.8 Å². The Kier molecular flexibility index (Phi) is 7.70. The van der Waals surface area contributed by atoms with Gasteiger partial charge in [0.1, 0.15) is 17.6 Å². The number of anilines is 1. The number of thiazole rings is 1. The van der Waals surface area contributed by atoms with E-state index in [4.69, 9.17) is 4.74 Å². The van der Waals surface area contributed by atoms with Crippen LogP contribution in [0.15, 0.2) is 47.4 Å². The van der Waals surface area contributed by atoms with Crippen LogP contribution in [0.4, 0.5) is 9.52 Å². The highest BCUT2D eigenvalue weighted by atomic mass is 32.2. The fourth-order valence-electron chi connectivity index (χ4n) is 4.06. The minimum absolute atomic E-state index is 0.0260. The van der Waals surface area contributed by atoms with Crippen molar-refractivity contribution < 1.29 is 22.3 Å². The van der Waals surface area contributed by atoms with Crippen molar-refractivity contribution in [1.82, 2.24) is 14.2 Å². The van der Waals surface area contributed by atoms with E-state index in [0.717, 1.165) is 28.1 Å². The van der Waals surface area contributed by atoms with E-state index >= 15 is 0 Å². The number of nitrogens with zero attached hydrogens (tertiary/aromatic N) is 4. The number of amides is 1. The Bertz CT molecular complexity index is 1290.